The fourth-order valence-corrected chi connectivity index (χ4v) is 5.80. The van der Waals surface area contributed by atoms with Crippen molar-refractivity contribution in [2.45, 2.75) is 76.4 Å². The van der Waals surface area contributed by atoms with Crippen LogP contribution in [0, 0.1) is 5.92 Å². The van der Waals surface area contributed by atoms with E-state index in [2.05, 4.69) is 36.5 Å². The number of carboxylic acids is 1. The molecule has 174 valence electrons. The molecule has 2 aliphatic heterocycles. The zero-order valence-corrected chi connectivity index (χ0v) is 20.0. The standard InChI is InChI=1S/C27H31ClN2O3/c1-26(2)10-9-20-14-22(28)15-21(24(20)33-26)13-17-7-11-27(12-8-17)16-23(29-30-27)18-3-5-19(6-4-18)25(31)32/h3-6,14-15,17,30H,7-13,16H2,1-2H3,(H,31,32). The van der Waals surface area contributed by atoms with Gasteiger partial charge in [0.25, 0.3) is 0 Å². The van der Waals surface area contributed by atoms with Gasteiger partial charge in [0.15, 0.2) is 0 Å². The molecule has 0 radical (unpaired) electrons. The lowest BCUT2D eigenvalue weighted by atomic mass is 9.72. The Bertz CT molecular complexity index is 1100. The molecular formula is C27H31ClN2O3. The van der Waals surface area contributed by atoms with Crippen molar-refractivity contribution in [3.8, 4) is 5.75 Å². The zero-order chi connectivity index (χ0) is 23.2. The average molecular weight is 467 g/mol. The maximum absolute atomic E-state index is 11.1. The Morgan fingerprint density at radius 3 is 2.61 bits per heavy atom. The van der Waals surface area contributed by atoms with Crippen LogP contribution in [0.3, 0.4) is 0 Å². The number of carboxylic acid groups (broad SMARTS) is 1. The number of hydrazone groups is 1. The molecule has 1 spiro atoms. The van der Waals surface area contributed by atoms with Crippen LogP contribution >= 0.6 is 11.6 Å². The molecule has 33 heavy (non-hydrogen) atoms. The minimum absolute atomic E-state index is 0.0174. The lowest BCUT2D eigenvalue weighted by Crippen LogP contribution is -2.43. The summed E-state index contributed by atoms with van der Waals surface area (Å²) in [7, 11) is 0. The van der Waals surface area contributed by atoms with Crippen LogP contribution in [-0.2, 0) is 12.8 Å². The van der Waals surface area contributed by atoms with Crippen molar-refractivity contribution in [1.29, 1.82) is 0 Å². The maximum atomic E-state index is 11.1. The second-order valence-corrected chi connectivity index (χ2v) is 11.0. The molecule has 0 aromatic heterocycles. The fourth-order valence-electron chi connectivity index (χ4n) is 5.53. The topological polar surface area (TPSA) is 70.9 Å². The first-order chi connectivity index (χ1) is 15.7. The smallest absolute Gasteiger partial charge is 0.335 e. The van der Waals surface area contributed by atoms with Crippen molar-refractivity contribution < 1.29 is 14.6 Å². The summed E-state index contributed by atoms with van der Waals surface area (Å²) < 4.78 is 6.40. The lowest BCUT2D eigenvalue weighted by Gasteiger charge is -2.38. The average Bonchev–Trinajstić information content (AvgIpc) is 3.19. The molecule has 0 atom stereocenters. The number of fused-ring (bicyclic) bond motifs is 1. The molecular weight excluding hydrogens is 436 g/mol. The summed E-state index contributed by atoms with van der Waals surface area (Å²) in [6, 6.07) is 11.2. The second kappa shape index (κ2) is 8.35. The number of halogens is 1. The highest BCUT2D eigenvalue weighted by atomic mass is 35.5. The van der Waals surface area contributed by atoms with Gasteiger partial charge in [0, 0.05) is 11.4 Å². The predicted molar refractivity (Wildman–Crippen MR) is 131 cm³/mol. The molecule has 0 bridgehead atoms. The van der Waals surface area contributed by atoms with E-state index in [9.17, 15) is 4.79 Å². The van der Waals surface area contributed by atoms with Crippen molar-refractivity contribution in [2.24, 2.45) is 11.0 Å². The van der Waals surface area contributed by atoms with Crippen LogP contribution in [0.1, 0.15) is 79.4 Å². The van der Waals surface area contributed by atoms with Gasteiger partial charge >= 0.3 is 5.97 Å². The summed E-state index contributed by atoms with van der Waals surface area (Å²) in [6.07, 6.45) is 8.34. The van der Waals surface area contributed by atoms with E-state index in [0.717, 1.165) is 73.4 Å². The number of hydrogen-bond acceptors (Lipinski definition) is 4. The number of carbonyl (C=O) groups is 1. The van der Waals surface area contributed by atoms with E-state index in [1.54, 1.807) is 12.1 Å². The Balaban J connectivity index is 1.23. The monoisotopic (exact) mass is 466 g/mol. The Kier molecular flexibility index (Phi) is 5.64. The molecule has 0 unspecified atom stereocenters. The van der Waals surface area contributed by atoms with Crippen LogP contribution < -0.4 is 10.2 Å². The number of aromatic carboxylic acids is 1. The minimum atomic E-state index is -0.905. The van der Waals surface area contributed by atoms with Crippen LogP contribution in [-0.4, -0.2) is 27.9 Å². The van der Waals surface area contributed by atoms with Gasteiger partial charge in [-0.15, -0.1) is 0 Å². The lowest BCUT2D eigenvalue weighted by molar-refractivity contribution is 0.0696. The van der Waals surface area contributed by atoms with Crippen molar-refractivity contribution in [1.82, 2.24) is 5.43 Å². The zero-order valence-electron chi connectivity index (χ0n) is 19.3. The van der Waals surface area contributed by atoms with E-state index in [0.29, 0.717) is 11.5 Å². The Labute approximate surface area is 200 Å². The molecule has 5 rings (SSSR count). The van der Waals surface area contributed by atoms with Gasteiger partial charge in [-0.05, 0) is 106 Å². The highest BCUT2D eigenvalue weighted by molar-refractivity contribution is 6.30. The van der Waals surface area contributed by atoms with Gasteiger partial charge in [0.05, 0.1) is 16.8 Å². The van der Waals surface area contributed by atoms with Crippen molar-refractivity contribution in [3.05, 3.63) is 63.7 Å². The van der Waals surface area contributed by atoms with Gasteiger partial charge in [-0.25, -0.2) is 4.79 Å². The quantitative estimate of drug-likeness (QED) is 0.578. The third kappa shape index (κ3) is 4.61. The van der Waals surface area contributed by atoms with Crippen LogP contribution in [0.25, 0.3) is 0 Å². The summed E-state index contributed by atoms with van der Waals surface area (Å²) in [6.45, 7) is 4.33. The normalized spacial score (nSPS) is 25.7. The van der Waals surface area contributed by atoms with Crippen molar-refractivity contribution in [3.63, 3.8) is 0 Å². The van der Waals surface area contributed by atoms with E-state index < -0.39 is 5.97 Å². The predicted octanol–water partition coefficient (Wildman–Crippen LogP) is 6.01. The van der Waals surface area contributed by atoms with E-state index >= 15 is 0 Å². The van der Waals surface area contributed by atoms with Gasteiger partial charge in [-0.3, -0.25) is 0 Å². The first-order valence-corrected chi connectivity index (χ1v) is 12.3. The summed E-state index contributed by atoms with van der Waals surface area (Å²) in [5.41, 5.74) is 8.14. The summed E-state index contributed by atoms with van der Waals surface area (Å²) in [5.74, 6) is 0.760. The molecule has 3 aliphatic rings. The van der Waals surface area contributed by atoms with Crippen molar-refractivity contribution >= 4 is 23.3 Å². The largest absolute Gasteiger partial charge is 0.487 e. The third-order valence-corrected chi connectivity index (χ3v) is 7.77. The maximum Gasteiger partial charge on any atom is 0.335 e. The number of benzene rings is 2. The van der Waals surface area contributed by atoms with Gasteiger partial charge < -0.3 is 15.3 Å². The van der Waals surface area contributed by atoms with Gasteiger partial charge in [0.1, 0.15) is 11.4 Å². The van der Waals surface area contributed by atoms with Crippen LogP contribution in [0.2, 0.25) is 5.02 Å². The number of aryl methyl sites for hydroxylation is 1. The summed E-state index contributed by atoms with van der Waals surface area (Å²) in [4.78, 5) is 11.1. The molecule has 0 saturated heterocycles. The number of ether oxygens (including phenoxy) is 1. The Hall–Kier alpha value is -2.53. The number of rotatable bonds is 4. The summed E-state index contributed by atoms with van der Waals surface area (Å²) >= 11 is 6.46. The Morgan fingerprint density at radius 2 is 1.91 bits per heavy atom. The first-order valence-electron chi connectivity index (χ1n) is 11.9. The van der Waals surface area contributed by atoms with Crippen LogP contribution in [0.4, 0.5) is 0 Å². The van der Waals surface area contributed by atoms with Crippen LogP contribution in [0.5, 0.6) is 5.75 Å². The van der Waals surface area contributed by atoms with Gasteiger partial charge in [-0.1, -0.05) is 23.7 Å². The minimum Gasteiger partial charge on any atom is -0.487 e. The van der Waals surface area contributed by atoms with E-state index in [1.807, 2.05) is 12.1 Å². The highest BCUT2D eigenvalue weighted by Gasteiger charge is 2.40. The van der Waals surface area contributed by atoms with Crippen molar-refractivity contribution in [2.75, 3.05) is 0 Å². The SMILES string of the molecule is CC1(C)CCc2cc(Cl)cc(CC3CCC4(CC3)CC(c3ccc(C(=O)O)cc3)=NN4)c2O1. The molecule has 2 N–H and O–H groups in total. The molecule has 1 fully saturated rings. The summed E-state index contributed by atoms with van der Waals surface area (Å²) in [5, 5.41) is 14.6. The molecule has 6 heteroatoms. The second-order valence-electron chi connectivity index (χ2n) is 10.6. The van der Waals surface area contributed by atoms with E-state index in [4.69, 9.17) is 21.4 Å². The number of hydrogen-bond donors (Lipinski definition) is 2. The van der Waals surface area contributed by atoms with E-state index in [1.165, 1.54) is 11.1 Å². The highest BCUT2D eigenvalue weighted by Crippen LogP contribution is 2.43. The molecule has 0 amide bonds. The number of nitrogens with zero attached hydrogens (tertiary/aromatic N) is 1. The molecule has 5 nitrogen and oxygen atoms in total. The molecule has 1 saturated carbocycles. The Morgan fingerprint density at radius 1 is 1.18 bits per heavy atom. The third-order valence-electron chi connectivity index (χ3n) is 7.55. The van der Waals surface area contributed by atoms with Crippen LogP contribution in [0.15, 0.2) is 41.5 Å². The molecule has 1 aliphatic carbocycles. The fraction of sp³-hybridized carbons (Fsp3) is 0.481. The number of nitrogens with one attached hydrogen (secondary N) is 1. The first kappa shape index (κ1) is 22.3. The van der Waals surface area contributed by atoms with Gasteiger partial charge in [0.2, 0.25) is 0 Å². The molecule has 2 aromatic rings. The van der Waals surface area contributed by atoms with E-state index in [-0.39, 0.29) is 11.1 Å². The van der Waals surface area contributed by atoms with Gasteiger partial charge in [-0.2, -0.15) is 5.10 Å². The molecule has 2 aromatic carbocycles. The molecule has 2 heterocycles.